The molecule has 0 saturated carbocycles. The van der Waals surface area contributed by atoms with E-state index in [1.807, 2.05) is 18.2 Å². The predicted molar refractivity (Wildman–Crippen MR) is 108 cm³/mol. The van der Waals surface area contributed by atoms with Crippen LogP contribution in [0.25, 0.3) is 0 Å². The minimum Gasteiger partial charge on any atom is -0.322 e. The van der Waals surface area contributed by atoms with Gasteiger partial charge < -0.3 is 5.32 Å². The van der Waals surface area contributed by atoms with Crippen LogP contribution in [0.5, 0.6) is 0 Å². The zero-order chi connectivity index (χ0) is 17.9. The number of fused-ring (bicyclic) bond motifs is 1. The molecule has 0 spiro atoms. The van der Waals surface area contributed by atoms with Crippen molar-refractivity contribution in [3.05, 3.63) is 86.6 Å². The van der Waals surface area contributed by atoms with Gasteiger partial charge in [0.25, 0.3) is 5.91 Å². The van der Waals surface area contributed by atoms with Gasteiger partial charge in [-0.05, 0) is 64.2 Å². The average Bonchev–Trinajstić information content (AvgIpc) is 3.15. The molecule has 0 atom stereocenters. The number of hydrogen-bond donors (Lipinski definition) is 1. The first-order valence-electron chi connectivity index (χ1n) is 8.60. The molecule has 2 heterocycles. The second kappa shape index (κ2) is 7.62. The van der Waals surface area contributed by atoms with Crippen LogP contribution in [0.3, 0.4) is 0 Å². The van der Waals surface area contributed by atoms with E-state index >= 15 is 0 Å². The Labute approximate surface area is 162 Å². The summed E-state index contributed by atoms with van der Waals surface area (Å²) in [6, 6.07) is 15.5. The van der Waals surface area contributed by atoms with E-state index < -0.39 is 0 Å². The van der Waals surface area contributed by atoms with Crippen LogP contribution in [0.15, 0.2) is 59.3 Å². The first-order chi connectivity index (χ1) is 12.7. The monoisotopic (exact) mass is 382 g/mol. The predicted octanol–water partition coefficient (Wildman–Crippen LogP) is 5.21. The van der Waals surface area contributed by atoms with Gasteiger partial charge in [-0.3, -0.25) is 9.69 Å². The lowest BCUT2D eigenvalue weighted by molar-refractivity contribution is 0.102. The number of anilines is 1. The number of carbonyl (C=O) groups is 1. The second-order valence-corrected chi connectivity index (χ2v) is 7.70. The van der Waals surface area contributed by atoms with E-state index in [0.29, 0.717) is 10.6 Å². The normalized spacial score (nSPS) is 14.0. The van der Waals surface area contributed by atoms with Crippen molar-refractivity contribution in [2.24, 2.45) is 0 Å². The molecule has 26 heavy (non-hydrogen) atoms. The SMILES string of the molecule is O=C(Nc1ccc2c(c1)CN(Cc1ccsc1)CC2)c1ccccc1Cl. The number of amides is 1. The van der Waals surface area contributed by atoms with Gasteiger partial charge in [0.15, 0.2) is 0 Å². The maximum atomic E-state index is 12.5. The Balaban J connectivity index is 1.48. The van der Waals surface area contributed by atoms with Crippen LogP contribution >= 0.6 is 22.9 Å². The molecule has 1 aromatic heterocycles. The molecule has 0 saturated heterocycles. The Morgan fingerprint density at radius 2 is 2.04 bits per heavy atom. The highest BCUT2D eigenvalue weighted by Gasteiger charge is 2.18. The standard InChI is InChI=1S/C21H19ClN2OS/c22-20-4-2-1-3-19(20)21(25)23-18-6-5-16-7-9-24(13-17(16)11-18)12-15-8-10-26-14-15/h1-6,8,10-11,14H,7,9,12-13H2,(H,23,25). The molecule has 0 bridgehead atoms. The third-order valence-electron chi connectivity index (χ3n) is 4.66. The van der Waals surface area contributed by atoms with E-state index in [2.05, 4.69) is 39.2 Å². The van der Waals surface area contributed by atoms with Gasteiger partial charge in [-0.1, -0.05) is 29.8 Å². The topological polar surface area (TPSA) is 32.3 Å². The fourth-order valence-corrected chi connectivity index (χ4v) is 4.19. The van der Waals surface area contributed by atoms with Crippen LogP contribution in [-0.4, -0.2) is 17.4 Å². The van der Waals surface area contributed by atoms with Gasteiger partial charge in [0, 0.05) is 25.3 Å². The second-order valence-electron chi connectivity index (χ2n) is 6.51. The van der Waals surface area contributed by atoms with Crippen LogP contribution in [0, 0.1) is 0 Å². The van der Waals surface area contributed by atoms with Crippen molar-refractivity contribution in [3.63, 3.8) is 0 Å². The Morgan fingerprint density at radius 3 is 2.85 bits per heavy atom. The van der Waals surface area contributed by atoms with Gasteiger partial charge in [0.1, 0.15) is 0 Å². The molecule has 4 rings (SSSR count). The fourth-order valence-electron chi connectivity index (χ4n) is 3.31. The maximum Gasteiger partial charge on any atom is 0.257 e. The third kappa shape index (κ3) is 3.83. The molecule has 0 fully saturated rings. The Kier molecular flexibility index (Phi) is 5.07. The number of halogens is 1. The summed E-state index contributed by atoms with van der Waals surface area (Å²) in [5, 5.41) is 7.76. The quantitative estimate of drug-likeness (QED) is 0.671. The van der Waals surface area contributed by atoms with Crippen molar-refractivity contribution in [2.45, 2.75) is 19.5 Å². The summed E-state index contributed by atoms with van der Waals surface area (Å²) < 4.78 is 0. The molecule has 0 unspecified atom stereocenters. The number of thiophene rings is 1. The lowest BCUT2D eigenvalue weighted by Gasteiger charge is -2.29. The molecule has 1 aliphatic rings. The van der Waals surface area contributed by atoms with Crippen molar-refractivity contribution in [2.75, 3.05) is 11.9 Å². The number of nitrogens with one attached hydrogen (secondary N) is 1. The fraction of sp³-hybridized carbons (Fsp3) is 0.190. The summed E-state index contributed by atoms with van der Waals surface area (Å²) in [6.45, 7) is 2.94. The zero-order valence-electron chi connectivity index (χ0n) is 14.2. The molecule has 0 radical (unpaired) electrons. The molecule has 132 valence electrons. The minimum atomic E-state index is -0.179. The van der Waals surface area contributed by atoms with Gasteiger partial charge in [-0.15, -0.1) is 0 Å². The lowest BCUT2D eigenvalue weighted by atomic mass is 9.98. The number of carbonyl (C=O) groups excluding carboxylic acids is 1. The van der Waals surface area contributed by atoms with E-state index in [-0.39, 0.29) is 5.91 Å². The van der Waals surface area contributed by atoms with Gasteiger partial charge in [-0.2, -0.15) is 11.3 Å². The van der Waals surface area contributed by atoms with Crippen LogP contribution in [0.4, 0.5) is 5.69 Å². The molecular formula is C21H19ClN2OS. The number of hydrogen-bond acceptors (Lipinski definition) is 3. The molecule has 3 aromatic rings. The molecule has 1 aliphatic heterocycles. The van der Waals surface area contributed by atoms with Crippen molar-refractivity contribution in [1.82, 2.24) is 4.90 Å². The molecule has 1 amide bonds. The van der Waals surface area contributed by atoms with E-state index in [9.17, 15) is 4.79 Å². The van der Waals surface area contributed by atoms with E-state index in [1.54, 1.807) is 23.5 Å². The van der Waals surface area contributed by atoms with Gasteiger partial charge in [0.05, 0.1) is 10.6 Å². The molecule has 2 aromatic carbocycles. The number of nitrogens with zero attached hydrogens (tertiary/aromatic N) is 1. The molecule has 5 heteroatoms. The van der Waals surface area contributed by atoms with Gasteiger partial charge in [0.2, 0.25) is 0 Å². The molecular weight excluding hydrogens is 364 g/mol. The summed E-state index contributed by atoms with van der Waals surface area (Å²) in [6.07, 6.45) is 1.04. The van der Waals surface area contributed by atoms with Crippen LogP contribution in [0.2, 0.25) is 5.02 Å². The van der Waals surface area contributed by atoms with Crippen molar-refractivity contribution < 1.29 is 4.79 Å². The minimum absolute atomic E-state index is 0.179. The van der Waals surface area contributed by atoms with E-state index in [4.69, 9.17) is 11.6 Å². The summed E-state index contributed by atoms with van der Waals surface area (Å²) >= 11 is 7.86. The lowest BCUT2D eigenvalue weighted by Crippen LogP contribution is -2.30. The Bertz CT molecular complexity index is 924. The highest BCUT2D eigenvalue weighted by molar-refractivity contribution is 7.07. The largest absolute Gasteiger partial charge is 0.322 e. The third-order valence-corrected chi connectivity index (χ3v) is 5.72. The summed E-state index contributed by atoms with van der Waals surface area (Å²) in [4.78, 5) is 14.9. The van der Waals surface area contributed by atoms with E-state index in [0.717, 1.165) is 31.7 Å². The first-order valence-corrected chi connectivity index (χ1v) is 9.92. The summed E-state index contributed by atoms with van der Waals surface area (Å²) in [5.74, 6) is -0.179. The zero-order valence-corrected chi connectivity index (χ0v) is 15.8. The average molecular weight is 383 g/mol. The maximum absolute atomic E-state index is 12.5. The van der Waals surface area contributed by atoms with Crippen molar-refractivity contribution in [1.29, 1.82) is 0 Å². The molecule has 0 aliphatic carbocycles. The van der Waals surface area contributed by atoms with Crippen molar-refractivity contribution in [3.8, 4) is 0 Å². The van der Waals surface area contributed by atoms with E-state index in [1.165, 1.54) is 16.7 Å². The first kappa shape index (κ1) is 17.3. The highest BCUT2D eigenvalue weighted by Crippen LogP contribution is 2.25. The van der Waals surface area contributed by atoms with Gasteiger partial charge in [-0.25, -0.2) is 0 Å². The van der Waals surface area contributed by atoms with Gasteiger partial charge >= 0.3 is 0 Å². The summed E-state index contributed by atoms with van der Waals surface area (Å²) in [5.41, 5.74) is 5.31. The Morgan fingerprint density at radius 1 is 1.15 bits per heavy atom. The Hall–Kier alpha value is -2.14. The number of benzene rings is 2. The smallest absolute Gasteiger partial charge is 0.257 e. The molecule has 3 nitrogen and oxygen atoms in total. The van der Waals surface area contributed by atoms with Crippen LogP contribution in [-0.2, 0) is 19.5 Å². The summed E-state index contributed by atoms with van der Waals surface area (Å²) in [7, 11) is 0. The number of rotatable bonds is 4. The molecule has 1 N–H and O–H groups in total. The van der Waals surface area contributed by atoms with Crippen LogP contribution in [0.1, 0.15) is 27.0 Å². The van der Waals surface area contributed by atoms with Crippen molar-refractivity contribution >= 4 is 34.5 Å². The highest BCUT2D eigenvalue weighted by atomic mass is 35.5. The van der Waals surface area contributed by atoms with Crippen LogP contribution < -0.4 is 5.32 Å².